The number of likely N-dealkylation sites (tertiary alicyclic amines) is 1. The van der Waals surface area contributed by atoms with Crippen LogP contribution in [0.25, 0.3) is 0 Å². The van der Waals surface area contributed by atoms with Crippen molar-refractivity contribution in [3.05, 3.63) is 16.4 Å². The molecule has 1 amide bonds. The Bertz CT molecular complexity index is 645. The Morgan fingerprint density at radius 1 is 1.24 bits per heavy atom. The molecule has 138 valence electrons. The number of methoxy groups -OCH3 is 1. The van der Waals surface area contributed by atoms with Gasteiger partial charge in [-0.05, 0) is 20.8 Å². The lowest BCUT2D eigenvalue weighted by Gasteiger charge is -2.27. The Morgan fingerprint density at radius 3 is 2.36 bits per heavy atom. The highest BCUT2D eigenvalue weighted by Gasteiger charge is 2.43. The van der Waals surface area contributed by atoms with Gasteiger partial charge in [-0.1, -0.05) is 23.2 Å². The highest BCUT2D eigenvalue weighted by Crippen LogP contribution is 2.26. The molecule has 2 atom stereocenters. The second-order valence-electron chi connectivity index (χ2n) is 6.44. The van der Waals surface area contributed by atoms with E-state index in [9.17, 15) is 9.59 Å². The summed E-state index contributed by atoms with van der Waals surface area (Å²) in [5, 5.41) is 0.253. The summed E-state index contributed by atoms with van der Waals surface area (Å²) in [7, 11) is 1.25. The first kappa shape index (κ1) is 19.5. The van der Waals surface area contributed by atoms with Crippen LogP contribution >= 0.6 is 23.2 Å². The van der Waals surface area contributed by atoms with Crippen LogP contribution in [0, 0.1) is 0 Å². The number of rotatable bonds is 3. The van der Waals surface area contributed by atoms with E-state index in [0.29, 0.717) is 0 Å². The maximum absolute atomic E-state index is 12.4. The number of ether oxygens (including phenoxy) is 3. The number of aromatic nitrogens is 2. The molecule has 0 spiro atoms. The van der Waals surface area contributed by atoms with Crippen molar-refractivity contribution in [3.8, 4) is 6.01 Å². The molecule has 8 nitrogen and oxygen atoms in total. The van der Waals surface area contributed by atoms with Crippen molar-refractivity contribution in [1.29, 1.82) is 0 Å². The fourth-order valence-electron chi connectivity index (χ4n) is 2.34. The van der Waals surface area contributed by atoms with E-state index in [1.54, 1.807) is 20.8 Å². The molecule has 0 unspecified atom stereocenters. The van der Waals surface area contributed by atoms with E-state index < -0.39 is 29.8 Å². The lowest BCUT2D eigenvalue weighted by atomic mass is 10.2. The van der Waals surface area contributed by atoms with Crippen LogP contribution in [0.5, 0.6) is 6.01 Å². The van der Waals surface area contributed by atoms with Gasteiger partial charge in [0.2, 0.25) is 0 Å². The number of amides is 1. The van der Waals surface area contributed by atoms with Crippen molar-refractivity contribution < 1.29 is 23.8 Å². The summed E-state index contributed by atoms with van der Waals surface area (Å²) in [6.07, 6.45) is -0.954. The van der Waals surface area contributed by atoms with Crippen LogP contribution in [0.1, 0.15) is 27.2 Å². The minimum Gasteiger partial charge on any atom is -0.467 e. The highest BCUT2D eigenvalue weighted by atomic mass is 35.5. The van der Waals surface area contributed by atoms with E-state index in [2.05, 4.69) is 9.97 Å². The van der Waals surface area contributed by atoms with Crippen LogP contribution in [0.3, 0.4) is 0 Å². The molecule has 1 aromatic heterocycles. The Morgan fingerprint density at radius 2 is 1.84 bits per heavy atom. The molecule has 0 aromatic carbocycles. The summed E-state index contributed by atoms with van der Waals surface area (Å²) in [6, 6.07) is 0.520. The molecule has 1 aliphatic rings. The first-order chi connectivity index (χ1) is 11.6. The Hall–Kier alpha value is -1.80. The normalized spacial score (nSPS) is 20.3. The van der Waals surface area contributed by atoms with E-state index >= 15 is 0 Å². The lowest BCUT2D eigenvalue weighted by molar-refractivity contribution is -0.145. The van der Waals surface area contributed by atoms with Crippen molar-refractivity contribution in [3.63, 3.8) is 0 Å². The fraction of sp³-hybridized carbons (Fsp3) is 0.600. The summed E-state index contributed by atoms with van der Waals surface area (Å²) in [5.41, 5.74) is -0.694. The number of carbonyl (C=O) groups excluding carboxylic acids is 2. The molecule has 1 saturated heterocycles. The van der Waals surface area contributed by atoms with Crippen molar-refractivity contribution in [1.82, 2.24) is 14.9 Å². The molecule has 0 bridgehead atoms. The van der Waals surface area contributed by atoms with Crippen LogP contribution in [0.4, 0.5) is 4.79 Å². The SMILES string of the molecule is COC(=O)[C@@H]1C[C@H](Oc2nc(Cl)cc(Cl)n2)CN1C(=O)OC(C)(C)C. The molecule has 2 rings (SSSR count). The van der Waals surface area contributed by atoms with E-state index in [1.807, 2.05) is 0 Å². The first-order valence-corrected chi connectivity index (χ1v) is 8.29. The maximum atomic E-state index is 12.4. The largest absolute Gasteiger partial charge is 0.467 e. The highest BCUT2D eigenvalue weighted by molar-refractivity contribution is 6.33. The number of esters is 1. The smallest absolute Gasteiger partial charge is 0.411 e. The van der Waals surface area contributed by atoms with Gasteiger partial charge in [-0.2, -0.15) is 9.97 Å². The van der Waals surface area contributed by atoms with Gasteiger partial charge in [0, 0.05) is 12.5 Å². The van der Waals surface area contributed by atoms with Crippen LogP contribution < -0.4 is 4.74 Å². The van der Waals surface area contributed by atoms with Gasteiger partial charge in [0.1, 0.15) is 28.1 Å². The zero-order valence-corrected chi connectivity index (χ0v) is 15.8. The molecule has 0 N–H and O–H groups in total. The van der Waals surface area contributed by atoms with Crippen LogP contribution in [0.15, 0.2) is 6.07 Å². The molecular weight excluding hydrogens is 373 g/mol. The summed E-state index contributed by atoms with van der Waals surface area (Å²) in [4.78, 5) is 33.5. The molecule has 0 saturated carbocycles. The molecule has 2 heterocycles. The predicted octanol–water partition coefficient (Wildman–Crippen LogP) is 2.71. The second kappa shape index (κ2) is 7.61. The number of hydrogen-bond acceptors (Lipinski definition) is 7. The van der Waals surface area contributed by atoms with E-state index in [-0.39, 0.29) is 29.3 Å². The monoisotopic (exact) mass is 391 g/mol. The Kier molecular flexibility index (Phi) is 5.95. The summed E-state index contributed by atoms with van der Waals surface area (Å²) in [5.74, 6) is -0.554. The molecule has 0 radical (unpaired) electrons. The lowest BCUT2D eigenvalue weighted by Crippen LogP contribution is -2.44. The van der Waals surface area contributed by atoms with Crippen molar-refractivity contribution in [2.24, 2.45) is 0 Å². The predicted molar refractivity (Wildman–Crippen MR) is 89.8 cm³/mol. The van der Waals surface area contributed by atoms with Gasteiger partial charge in [0.15, 0.2) is 0 Å². The van der Waals surface area contributed by atoms with Crippen molar-refractivity contribution >= 4 is 35.3 Å². The number of halogens is 2. The zero-order valence-electron chi connectivity index (χ0n) is 14.3. The summed E-state index contributed by atoms with van der Waals surface area (Å²) in [6.45, 7) is 5.33. The molecule has 25 heavy (non-hydrogen) atoms. The zero-order chi connectivity index (χ0) is 18.8. The molecule has 1 fully saturated rings. The molecule has 0 aliphatic carbocycles. The number of nitrogens with zero attached hydrogens (tertiary/aromatic N) is 3. The van der Waals surface area contributed by atoms with Gasteiger partial charge in [-0.3, -0.25) is 4.90 Å². The van der Waals surface area contributed by atoms with Gasteiger partial charge in [-0.25, -0.2) is 9.59 Å². The molecule has 1 aliphatic heterocycles. The number of hydrogen-bond donors (Lipinski definition) is 0. The maximum Gasteiger partial charge on any atom is 0.411 e. The van der Waals surface area contributed by atoms with E-state index in [4.69, 9.17) is 37.4 Å². The van der Waals surface area contributed by atoms with E-state index in [0.717, 1.165) is 0 Å². The van der Waals surface area contributed by atoms with Crippen LogP contribution in [-0.4, -0.2) is 58.3 Å². The number of carbonyl (C=O) groups is 2. The standard InChI is InChI=1S/C15H19Cl2N3O5/c1-15(2,3)25-14(22)20-7-8(5-9(20)12(21)23-4)24-13-18-10(16)6-11(17)19-13/h6,8-9H,5,7H2,1-4H3/t8-,9-/m0/s1. The van der Waals surface area contributed by atoms with Gasteiger partial charge >= 0.3 is 18.1 Å². The minimum absolute atomic E-state index is 0.0304. The average Bonchev–Trinajstić information content (AvgIpc) is 2.87. The van der Waals surface area contributed by atoms with Crippen LogP contribution in [0.2, 0.25) is 10.3 Å². The quantitative estimate of drug-likeness (QED) is 0.577. The summed E-state index contributed by atoms with van der Waals surface area (Å²) < 4.78 is 15.7. The third kappa shape index (κ3) is 5.34. The van der Waals surface area contributed by atoms with Gasteiger partial charge in [0.25, 0.3) is 0 Å². The van der Waals surface area contributed by atoms with E-state index in [1.165, 1.54) is 18.1 Å². The topological polar surface area (TPSA) is 90.9 Å². The van der Waals surface area contributed by atoms with Gasteiger partial charge < -0.3 is 14.2 Å². The minimum atomic E-state index is -0.820. The third-order valence-electron chi connectivity index (χ3n) is 3.28. The molecule has 10 heteroatoms. The Balaban J connectivity index is 2.14. The van der Waals surface area contributed by atoms with Gasteiger partial charge in [-0.15, -0.1) is 0 Å². The first-order valence-electron chi connectivity index (χ1n) is 7.53. The van der Waals surface area contributed by atoms with Gasteiger partial charge in [0.05, 0.1) is 13.7 Å². The molecular formula is C15H19Cl2N3O5. The average molecular weight is 392 g/mol. The molecule has 1 aromatic rings. The third-order valence-corrected chi connectivity index (χ3v) is 3.67. The van der Waals surface area contributed by atoms with Crippen LogP contribution in [-0.2, 0) is 14.3 Å². The van der Waals surface area contributed by atoms with Crippen molar-refractivity contribution in [2.75, 3.05) is 13.7 Å². The fourth-order valence-corrected chi connectivity index (χ4v) is 2.74. The summed E-state index contributed by atoms with van der Waals surface area (Å²) >= 11 is 11.6. The van der Waals surface area contributed by atoms with Crippen molar-refractivity contribution in [2.45, 2.75) is 44.9 Å². The Labute approximate surface area is 155 Å². The second-order valence-corrected chi connectivity index (χ2v) is 7.22.